The molecule has 2 rings (SSSR count). The molecule has 2 aromatic rings. The molecule has 0 aliphatic rings. The summed E-state index contributed by atoms with van der Waals surface area (Å²) >= 11 is 0. The highest BCUT2D eigenvalue weighted by Crippen LogP contribution is 2.21. The van der Waals surface area contributed by atoms with Crippen LogP contribution in [0.15, 0.2) is 22.7 Å². The lowest BCUT2D eigenvalue weighted by molar-refractivity contribution is -0.141. The highest BCUT2D eigenvalue weighted by atomic mass is 19.1. The van der Waals surface area contributed by atoms with Gasteiger partial charge in [-0.1, -0.05) is 12.1 Å². The molecule has 1 aromatic heterocycles. The summed E-state index contributed by atoms with van der Waals surface area (Å²) in [4.78, 5) is 10.7. The maximum absolute atomic E-state index is 12.9. The molecule has 0 aliphatic heterocycles. The molecule has 0 fully saturated rings. The number of nitrogens with zero attached hydrogens (tertiary/aromatic N) is 1. The summed E-state index contributed by atoms with van der Waals surface area (Å²) in [7, 11) is 0. The van der Waals surface area contributed by atoms with Crippen LogP contribution in [0, 0.1) is 11.7 Å². The van der Waals surface area contributed by atoms with Crippen molar-refractivity contribution in [2.75, 3.05) is 0 Å². The number of hydrogen-bond acceptors (Lipinski definition) is 3. The second-order valence-electron chi connectivity index (χ2n) is 3.71. The highest BCUT2D eigenvalue weighted by molar-refractivity contribution is 5.80. The van der Waals surface area contributed by atoms with Gasteiger partial charge in [0.05, 0.1) is 11.6 Å². The maximum Gasteiger partial charge on any atom is 0.306 e. The summed E-state index contributed by atoms with van der Waals surface area (Å²) in [5.41, 5.74) is 0.887. The average Bonchev–Trinajstić information content (AvgIpc) is 2.60. The van der Waals surface area contributed by atoms with Crippen molar-refractivity contribution >= 4 is 16.9 Å². The first-order chi connectivity index (χ1) is 7.58. The molecule has 0 saturated carbocycles. The molecule has 0 amide bonds. The van der Waals surface area contributed by atoms with E-state index in [1.54, 1.807) is 13.0 Å². The monoisotopic (exact) mass is 223 g/mol. The van der Waals surface area contributed by atoms with Gasteiger partial charge < -0.3 is 9.63 Å². The van der Waals surface area contributed by atoms with Gasteiger partial charge >= 0.3 is 5.97 Å². The largest absolute Gasteiger partial charge is 0.481 e. The van der Waals surface area contributed by atoms with Crippen LogP contribution in [0.4, 0.5) is 4.39 Å². The minimum absolute atomic E-state index is 0.272. The Morgan fingerprint density at radius 1 is 1.62 bits per heavy atom. The van der Waals surface area contributed by atoms with Crippen LogP contribution in [0.25, 0.3) is 11.0 Å². The molecule has 1 heterocycles. The van der Waals surface area contributed by atoms with E-state index in [-0.39, 0.29) is 6.42 Å². The van der Waals surface area contributed by atoms with Gasteiger partial charge in [0.1, 0.15) is 5.82 Å². The number of aliphatic carboxylic acids is 1. The quantitative estimate of drug-likeness (QED) is 0.866. The van der Waals surface area contributed by atoms with E-state index in [2.05, 4.69) is 5.16 Å². The van der Waals surface area contributed by atoms with E-state index in [0.29, 0.717) is 16.7 Å². The van der Waals surface area contributed by atoms with Crippen LogP contribution in [0.1, 0.15) is 12.6 Å². The third-order valence-electron chi connectivity index (χ3n) is 2.43. The Bertz CT molecular complexity index is 535. The Kier molecular flexibility index (Phi) is 2.60. The van der Waals surface area contributed by atoms with Crippen molar-refractivity contribution in [1.29, 1.82) is 0 Å². The van der Waals surface area contributed by atoms with E-state index in [1.165, 1.54) is 12.1 Å². The first kappa shape index (κ1) is 10.6. The van der Waals surface area contributed by atoms with Crippen LogP contribution < -0.4 is 0 Å². The second-order valence-corrected chi connectivity index (χ2v) is 3.71. The lowest BCUT2D eigenvalue weighted by Crippen LogP contribution is -2.12. The second kappa shape index (κ2) is 3.92. The van der Waals surface area contributed by atoms with Gasteiger partial charge in [-0.2, -0.15) is 0 Å². The SMILES string of the molecule is CC(Cc1noc2cc(F)ccc12)C(=O)O. The van der Waals surface area contributed by atoms with Gasteiger partial charge in [-0.25, -0.2) is 4.39 Å². The first-order valence-electron chi connectivity index (χ1n) is 4.84. The number of aromatic nitrogens is 1. The molecule has 16 heavy (non-hydrogen) atoms. The summed E-state index contributed by atoms with van der Waals surface area (Å²) < 4.78 is 17.8. The number of carboxylic acids is 1. The van der Waals surface area contributed by atoms with Crippen LogP contribution in [0.3, 0.4) is 0 Å². The van der Waals surface area contributed by atoms with E-state index in [0.717, 1.165) is 0 Å². The molecule has 1 atom stereocenters. The highest BCUT2D eigenvalue weighted by Gasteiger charge is 2.16. The van der Waals surface area contributed by atoms with Crippen molar-refractivity contribution < 1.29 is 18.8 Å². The molecule has 0 spiro atoms. The molecule has 0 aliphatic carbocycles. The van der Waals surface area contributed by atoms with Crippen molar-refractivity contribution in [1.82, 2.24) is 5.16 Å². The lowest BCUT2D eigenvalue weighted by Gasteiger charge is -2.01. The zero-order valence-corrected chi connectivity index (χ0v) is 8.61. The standard InChI is InChI=1S/C11H10FNO3/c1-6(11(14)15)4-9-8-3-2-7(12)5-10(8)16-13-9/h2-3,5-6H,4H2,1H3,(H,14,15). The van der Waals surface area contributed by atoms with Gasteiger partial charge in [0.15, 0.2) is 5.58 Å². The summed E-state index contributed by atoms with van der Waals surface area (Å²) in [5, 5.41) is 13.2. The van der Waals surface area contributed by atoms with Gasteiger partial charge in [-0.05, 0) is 12.1 Å². The zero-order chi connectivity index (χ0) is 11.7. The molecule has 1 aromatic carbocycles. The van der Waals surface area contributed by atoms with E-state index in [4.69, 9.17) is 9.63 Å². The van der Waals surface area contributed by atoms with Crippen molar-refractivity contribution in [3.63, 3.8) is 0 Å². The normalized spacial score (nSPS) is 12.9. The number of halogens is 1. The third kappa shape index (κ3) is 1.88. The van der Waals surface area contributed by atoms with E-state index in [9.17, 15) is 9.18 Å². The third-order valence-corrected chi connectivity index (χ3v) is 2.43. The smallest absolute Gasteiger partial charge is 0.306 e. The number of benzene rings is 1. The fourth-order valence-corrected chi connectivity index (χ4v) is 1.49. The Balaban J connectivity index is 2.35. The molecule has 0 saturated heterocycles. The molecule has 1 N–H and O–H groups in total. The van der Waals surface area contributed by atoms with Crippen molar-refractivity contribution in [2.45, 2.75) is 13.3 Å². The van der Waals surface area contributed by atoms with Gasteiger partial charge in [0, 0.05) is 17.9 Å². The first-order valence-corrected chi connectivity index (χ1v) is 4.84. The molecule has 4 nitrogen and oxygen atoms in total. The summed E-state index contributed by atoms with van der Waals surface area (Å²) in [6.45, 7) is 1.59. The fraction of sp³-hybridized carbons (Fsp3) is 0.273. The van der Waals surface area contributed by atoms with Gasteiger partial charge in [-0.15, -0.1) is 0 Å². The predicted octanol–water partition coefficient (Wildman–Crippen LogP) is 2.23. The van der Waals surface area contributed by atoms with Crippen LogP contribution in [-0.4, -0.2) is 16.2 Å². The number of hydrogen-bond donors (Lipinski definition) is 1. The Morgan fingerprint density at radius 2 is 2.38 bits per heavy atom. The molecule has 0 radical (unpaired) electrons. The van der Waals surface area contributed by atoms with Gasteiger partial charge in [0.2, 0.25) is 0 Å². The van der Waals surface area contributed by atoms with Crippen LogP contribution in [-0.2, 0) is 11.2 Å². The molecule has 5 heteroatoms. The van der Waals surface area contributed by atoms with Crippen molar-refractivity contribution in [2.24, 2.45) is 5.92 Å². The minimum atomic E-state index is -0.890. The van der Waals surface area contributed by atoms with Crippen molar-refractivity contribution in [3.8, 4) is 0 Å². The van der Waals surface area contributed by atoms with Crippen LogP contribution in [0.2, 0.25) is 0 Å². The fourth-order valence-electron chi connectivity index (χ4n) is 1.49. The van der Waals surface area contributed by atoms with E-state index < -0.39 is 17.7 Å². The average molecular weight is 223 g/mol. The maximum atomic E-state index is 12.9. The minimum Gasteiger partial charge on any atom is -0.481 e. The van der Waals surface area contributed by atoms with Gasteiger partial charge in [-0.3, -0.25) is 4.79 Å². The Morgan fingerprint density at radius 3 is 3.06 bits per heavy atom. The van der Waals surface area contributed by atoms with Crippen LogP contribution in [0.5, 0.6) is 0 Å². The Hall–Kier alpha value is -1.91. The number of carboxylic acid groups (broad SMARTS) is 1. The van der Waals surface area contributed by atoms with E-state index in [1.807, 2.05) is 0 Å². The topological polar surface area (TPSA) is 63.3 Å². The lowest BCUT2D eigenvalue weighted by atomic mass is 10.0. The molecule has 84 valence electrons. The predicted molar refractivity (Wildman–Crippen MR) is 54.5 cm³/mol. The van der Waals surface area contributed by atoms with E-state index >= 15 is 0 Å². The Labute approximate surface area is 90.7 Å². The molecular weight excluding hydrogens is 213 g/mol. The summed E-state index contributed by atoms with van der Waals surface area (Å²) in [5.74, 6) is -1.84. The van der Waals surface area contributed by atoms with Gasteiger partial charge in [0.25, 0.3) is 0 Å². The molecule has 0 bridgehead atoms. The number of fused-ring (bicyclic) bond motifs is 1. The number of carbonyl (C=O) groups is 1. The molecular formula is C11H10FNO3. The summed E-state index contributed by atoms with van der Waals surface area (Å²) in [6.07, 6.45) is 0.272. The number of rotatable bonds is 3. The zero-order valence-electron chi connectivity index (χ0n) is 8.61. The van der Waals surface area contributed by atoms with Crippen LogP contribution >= 0.6 is 0 Å². The molecule has 1 unspecified atom stereocenters. The summed E-state index contributed by atoms with van der Waals surface area (Å²) in [6, 6.07) is 4.08. The van der Waals surface area contributed by atoms with Crippen molar-refractivity contribution in [3.05, 3.63) is 29.7 Å².